The Morgan fingerprint density at radius 2 is 2.11 bits per heavy atom. The molecule has 1 fully saturated rings. The number of hydrogen-bond donors (Lipinski definition) is 2. The molecule has 1 aromatic rings. The number of carbonyl (C=O) groups is 2. The Hall–Kier alpha value is -1.76. The van der Waals surface area contributed by atoms with E-state index in [1.165, 1.54) is 20.0 Å². The maximum Gasteiger partial charge on any atom is 0.350 e. The van der Waals surface area contributed by atoms with E-state index in [1.54, 1.807) is 0 Å². The number of rotatable bonds is 5. The van der Waals surface area contributed by atoms with Gasteiger partial charge in [-0.3, -0.25) is 4.79 Å². The minimum atomic E-state index is -0.624. The van der Waals surface area contributed by atoms with Gasteiger partial charge in [0.05, 0.1) is 18.4 Å². The normalized spacial score (nSPS) is 14.2. The van der Waals surface area contributed by atoms with Crippen LogP contribution in [-0.2, 0) is 4.74 Å². The zero-order chi connectivity index (χ0) is 14.2. The Balaban J connectivity index is 2.39. The van der Waals surface area contributed by atoms with Gasteiger partial charge in [-0.1, -0.05) is 0 Å². The number of ether oxygens (including phenoxy) is 1. The van der Waals surface area contributed by atoms with Crippen LogP contribution in [0.3, 0.4) is 0 Å². The first kappa shape index (κ1) is 13.7. The number of anilines is 2. The summed E-state index contributed by atoms with van der Waals surface area (Å²) < 4.78 is 4.66. The first-order valence-electron chi connectivity index (χ1n) is 5.97. The second-order valence-corrected chi connectivity index (χ2v) is 5.70. The smallest absolute Gasteiger partial charge is 0.350 e. The van der Waals surface area contributed by atoms with Crippen molar-refractivity contribution in [2.45, 2.75) is 12.8 Å². The largest absolute Gasteiger partial charge is 0.465 e. The maximum atomic E-state index is 11.6. The monoisotopic (exact) mass is 283 g/mol. The molecule has 0 radical (unpaired) electrons. The van der Waals surface area contributed by atoms with Crippen LogP contribution in [0.15, 0.2) is 0 Å². The molecule has 4 N–H and O–H groups in total. The second-order valence-electron chi connectivity index (χ2n) is 4.70. The fourth-order valence-electron chi connectivity index (χ4n) is 1.95. The van der Waals surface area contributed by atoms with Crippen molar-refractivity contribution >= 4 is 33.9 Å². The standard InChI is InChI=1S/C12H17N3O3S/c1-15(5-6-3-4-6)11-7(10(14)16)8(13)9(19-11)12(17)18-2/h6H,3-5,13H2,1-2H3,(H2,14,16). The third-order valence-electron chi connectivity index (χ3n) is 3.12. The third kappa shape index (κ3) is 2.65. The molecule has 6 nitrogen and oxygen atoms in total. The summed E-state index contributed by atoms with van der Waals surface area (Å²) in [4.78, 5) is 25.3. The molecule has 1 aliphatic rings. The summed E-state index contributed by atoms with van der Waals surface area (Å²) >= 11 is 1.15. The van der Waals surface area contributed by atoms with E-state index in [-0.39, 0.29) is 16.1 Å². The Kier molecular flexibility index (Phi) is 3.66. The van der Waals surface area contributed by atoms with Gasteiger partial charge in [0.25, 0.3) is 5.91 Å². The number of hydrogen-bond acceptors (Lipinski definition) is 6. The van der Waals surface area contributed by atoms with Crippen molar-refractivity contribution in [3.63, 3.8) is 0 Å². The van der Waals surface area contributed by atoms with E-state index in [0.717, 1.165) is 17.9 Å². The van der Waals surface area contributed by atoms with Crippen molar-refractivity contribution in [3.8, 4) is 0 Å². The van der Waals surface area contributed by atoms with Gasteiger partial charge in [0.15, 0.2) is 0 Å². The molecule has 104 valence electrons. The highest BCUT2D eigenvalue weighted by atomic mass is 32.1. The van der Waals surface area contributed by atoms with Crippen LogP contribution in [0, 0.1) is 5.92 Å². The van der Waals surface area contributed by atoms with Crippen LogP contribution >= 0.6 is 11.3 Å². The highest BCUT2D eigenvalue weighted by Crippen LogP contribution is 2.40. The maximum absolute atomic E-state index is 11.6. The van der Waals surface area contributed by atoms with Crippen LogP contribution in [0.4, 0.5) is 10.7 Å². The van der Waals surface area contributed by atoms with Gasteiger partial charge in [0, 0.05) is 13.6 Å². The topological polar surface area (TPSA) is 98.6 Å². The second kappa shape index (κ2) is 5.08. The van der Waals surface area contributed by atoms with Crippen LogP contribution < -0.4 is 16.4 Å². The molecule has 1 heterocycles. The molecule has 0 atom stereocenters. The number of esters is 1. The molecule has 0 bridgehead atoms. The quantitative estimate of drug-likeness (QED) is 0.787. The molecule has 0 aliphatic heterocycles. The van der Waals surface area contributed by atoms with Gasteiger partial charge in [0.2, 0.25) is 0 Å². The van der Waals surface area contributed by atoms with Gasteiger partial charge < -0.3 is 21.1 Å². The summed E-state index contributed by atoms with van der Waals surface area (Å²) in [6.07, 6.45) is 2.39. The van der Waals surface area contributed by atoms with E-state index in [2.05, 4.69) is 4.74 Å². The van der Waals surface area contributed by atoms with Crippen molar-refractivity contribution in [1.29, 1.82) is 0 Å². The van der Waals surface area contributed by atoms with Crippen LogP contribution in [0.25, 0.3) is 0 Å². The SMILES string of the molecule is COC(=O)c1sc(N(C)CC2CC2)c(C(N)=O)c1N. The van der Waals surface area contributed by atoms with Gasteiger partial charge in [-0.15, -0.1) is 11.3 Å². The highest BCUT2D eigenvalue weighted by molar-refractivity contribution is 7.19. The summed E-state index contributed by atoms with van der Waals surface area (Å²) in [6, 6.07) is 0. The minimum absolute atomic E-state index is 0.113. The molecule has 19 heavy (non-hydrogen) atoms. The minimum Gasteiger partial charge on any atom is -0.465 e. The van der Waals surface area contributed by atoms with Crippen molar-refractivity contribution in [3.05, 3.63) is 10.4 Å². The molecule has 2 rings (SSSR count). The number of thiophene rings is 1. The molecule has 1 saturated carbocycles. The van der Waals surface area contributed by atoms with Gasteiger partial charge >= 0.3 is 5.97 Å². The van der Waals surface area contributed by atoms with Crippen LogP contribution in [0.5, 0.6) is 0 Å². The fraction of sp³-hybridized carbons (Fsp3) is 0.500. The average Bonchev–Trinajstić information content (AvgIpc) is 3.09. The summed E-state index contributed by atoms with van der Waals surface area (Å²) in [5.74, 6) is -0.520. The van der Waals surface area contributed by atoms with Crippen molar-refractivity contribution in [2.75, 3.05) is 31.3 Å². The lowest BCUT2D eigenvalue weighted by molar-refractivity contribution is 0.0607. The third-order valence-corrected chi connectivity index (χ3v) is 4.42. The number of primary amides is 1. The average molecular weight is 283 g/mol. The lowest BCUT2D eigenvalue weighted by Crippen LogP contribution is -2.23. The lowest BCUT2D eigenvalue weighted by Gasteiger charge is -2.17. The first-order chi connectivity index (χ1) is 8.95. The molecule has 0 spiro atoms. The molecular weight excluding hydrogens is 266 g/mol. The predicted molar refractivity (Wildman–Crippen MR) is 74.6 cm³/mol. The Morgan fingerprint density at radius 1 is 1.47 bits per heavy atom. The van der Waals surface area contributed by atoms with Gasteiger partial charge in [-0.25, -0.2) is 4.79 Å². The summed E-state index contributed by atoms with van der Waals surface area (Å²) in [6.45, 7) is 0.834. The van der Waals surface area contributed by atoms with Gasteiger partial charge in [-0.2, -0.15) is 0 Å². The number of carbonyl (C=O) groups excluding carboxylic acids is 2. The molecule has 0 saturated heterocycles. The number of nitrogens with two attached hydrogens (primary N) is 2. The van der Waals surface area contributed by atoms with Crippen molar-refractivity contribution in [1.82, 2.24) is 0 Å². The molecule has 1 aromatic heterocycles. The number of nitrogens with zero attached hydrogens (tertiary/aromatic N) is 1. The van der Waals surface area contributed by atoms with Crippen LogP contribution in [0.2, 0.25) is 0 Å². The van der Waals surface area contributed by atoms with E-state index in [4.69, 9.17) is 11.5 Å². The van der Waals surface area contributed by atoms with E-state index in [9.17, 15) is 9.59 Å². The van der Waals surface area contributed by atoms with E-state index in [0.29, 0.717) is 10.9 Å². The zero-order valence-electron chi connectivity index (χ0n) is 10.9. The van der Waals surface area contributed by atoms with Crippen LogP contribution in [0.1, 0.15) is 32.9 Å². The number of methoxy groups -OCH3 is 1. The molecular formula is C12H17N3O3S. The Labute approximate surface area is 115 Å². The fourth-order valence-corrected chi connectivity index (χ4v) is 3.07. The Bertz CT molecular complexity index is 523. The van der Waals surface area contributed by atoms with Gasteiger partial charge in [-0.05, 0) is 18.8 Å². The van der Waals surface area contributed by atoms with Gasteiger partial charge in [0.1, 0.15) is 9.88 Å². The molecule has 0 aromatic carbocycles. The lowest BCUT2D eigenvalue weighted by atomic mass is 10.2. The first-order valence-corrected chi connectivity index (χ1v) is 6.78. The van der Waals surface area contributed by atoms with E-state index >= 15 is 0 Å². The van der Waals surface area contributed by atoms with E-state index < -0.39 is 11.9 Å². The molecule has 1 amide bonds. The highest BCUT2D eigenvalue weighted by Gasteiger charge is 2.29. The van der Waals surface area contributed by atoms with E-state index in [1.807, 2.05) is 11.9 Å². The predicted octanol–water partition coefficient (Wildman–Crippen LogP) is 1.06. The number of nitrogen functional groups attached to an aromatic ring is 1. The summed E-state index contributed by atoms with van der Waals surface area (Å²) in [5.41, 5.74) is 11.5. The van der Waals surface area contributed by atoms with Crippen molar-refractivity contribution < 1.29 is 14.3 Å². The number of amides is 1. The summed E-state index contributed by atoms with van der Waals surface area (Å²) in [7, 11) is 3.15. The molecule has 7 heteroatoms. The summed E-state index contributed by atoms with van der Waals surface area (Å²) in [5, 5.41) is 0.636. The van der Waals surface area contributed by atoms with Crippen LogP contribution in [-0.4, -0.2) is 32.6 Å². The zero-order valence-corrected chi connectivity index (χ0v) is 11.8. The Morgan fingerprint density at radius 3 is 2.58 bits per heavy atom. The molecule has 1 aliphatic carbocycles. The van der Waals surface area contributed by atoms with Crippen molar-refractivity contribution in [2.24, 2.45) is 11.7 Å². The molecule has 0 unspecified atom stereocenters.